The van der Waals surface area contributed by atoms with Gasteiger partial charge in [-0.3, -0.25) is 4.79 Å². The molecule has 0 aromatic heterocycles. The fraction of sp³-hybridized carbons (Fsp3) is 0.462. The molecule has 0 aliphatic heterocycles. The van der Waals surface area contributed by atoms with E-state index in [1.807, 2.05) is 0 Å². The zero-order valence-corrected chi connectivity index (χ0v) is 9.42. The van der Waals surface area contributed by atoms with E-state index in [4.69, 9.17) is 0 Å². The number of hydrogen-bond acceptors (Lipinski definition) is 2. The topological polar surface area (TPSA) is 29.1 Å². The molecule has 16 heavy (non-hydrogen) atoms. The Balaban J connectivity index is 2.48. The van der Waals surface area contributed by atoms with Gasteiger partial charge in [-0.05, 0) is 26.0 Å². The second-order valence-corrected chi connectivity index (χ2v) is 4.27. The quantitative estimate of drug-likeness (QED) is 0.829. The number of carbonyl (C=O) groups is 1. The van der Waals surface area contributed by atoms with Crippen LogP contribution < -0.4 is 5.32 Å². The van der Waals surface area contributed by atoms with Crippen molar-refractivity contribution in [1.82, 2.24) is 5.32 Å². The first-order valence-electron chi connectivity index (χ1n) is 5.68. The van der Waals surface area contributed by atoms with E-state index in [1.54, 1.807) is 25.2 Å². The van der Waals surface area contributed by atoms with E-state index >= 15 is 0 Å². The van der Waals surface area contributed by atoms with Crippen molar-refractivity contribution in [3.8, 4) is 0 Å². The van der Waals surface area contributed by atoms with E-state index in [9.17, 15) is 9.18 Å². The van der Waals surface area contributed by atoms with Crippen LogP contribution in [-0.4, -0.2) is 12.8 Å². The van der Waals surface area contributed by atoms with Crippen LogP contribution in [0.3, 0.4) is 0 Å². The van der Waals surface area contributed by atoms with Gasteiger partial charge >= 0.3 is 0 Å². The molecule has 1 aliphatic carbocycles. The lowest BCUT2D eigenvalue weighted by Gasteiger charge is -2.36. The lowest BCUT2D eigenvalue weighted by Crippen LogP contribution is -2.49. The summed E-state index contributed by atoms with van der Waals surface area (Å²) in [5.41, 5.74) is -0.314. The second-order valence-electron chi connectivity index (χ2n) is 4.27. The highest BCUT2D eigenvalue weighted by atomic mass is 18.2. The average Bonchev–Trinajstić information content (AvgIpc) is 2.31. The van der Waals surface area contributed by atoms with Crippen molar-refractivity contribution in [1.29, 1.82) is 0 Å². The highest BCUT2D eigenvalue weighted by Gasteiger charge is 2.41. The molecule has 1 aliphatic rings. The third-order valence-corrected chi connectivity index (χ3v) is 3.44. The molecule has 0 radical (unpaired) electrons. The molecule has 2 nitrogen and oxygen atoms in total. The second kappa shape index (κ2) is 4.34. The Morgan fingerprint density at radius 2 is 2.06 bits per heavy atom. The number of benzene rings is 1. The number of hydrogen-bond donors (Lipinski definition) is 1. The molecule has 2 rings (SSSR count). The Morgan fingerprint density at radius 1 is 1.31 bits per heavy atom. The third-order valence-electron chi connectivity index (χ3n) is 3.44. The maximum absolute atomic E-state index is 13.8. The summed E-state index contributed by atoms with van der Waals surface area (Å²) in [6, 6.07) is 6.54. The Bertz CT molecular complexity index is 405. The minimum absolute atomic E-state index is 0.103. The van der Waals surface area contributed by atoms with Crippen LogP contribution in [0.5, 0.6) is 0 Å². The molecule has 1 aromatic rings. The van der Waals surface area contributed by atoms with E-state index in [2.05, 4.69) is 5.32 Å². The van der Waals surface area contributed by atoms with E-state index < -0.39 is 5.54 Å². The first kappa shape index (κ1) is 11.3. The molecule has 0 spiro atoms. The van der Waals surface area contributed by atoms with Crippen LogP contribution in [0, 0.1) is 5.82 Å². The molecule has 0 amide bonds. The molecule has 3 heteroatoms. The summed E-state index contributed by atoms with van der Waals surface area (Å²) in [7, 11) is 1.73. The first-order valence-corrected chi connectivity index (χ1v) is 5.68. The van der Waals surface area contributed by atoms with Crippen molar-refractivity contribution >= 4 is 5.78 Å². The number of Topliss-reactive ketones (excluding diaryl/α,β-unsaturated/α-hetero) is 1. The normalized spacial score (nSPS) is 25.8. The van der Waals surface area contributed by atoms with Crippen molar-refractivity contribution < 1.29 is 9.18 Å². The SMILES string of the molecule is CNC1(c2ccccc2[18F])CCCCC1=O. The van der Waals surface area contributed by atoms with Gasteiger partial charge in [-0.15, -0.1) is 0 Å². The Kier molecular flexibility index (Phi) is 3.06. The van der Waals surface area contributed by atoms with Gasteiger partial charge in [0.2, 0.25) is 0 Å². The molecule has 1 fully saturated rings. The van der Waals surface area contributed by atoms with Crippen molar-refractivity contribution in [2.45, 2.75) is 31.2 Å². The molecule has 1 aromatic carbocycles. The largest absolute Gasteiger partial charge is 0.304 e. The summed E-state index contributed by atoms with van der Waals surface area (Å²) in [5, 5.41) is 3.03. The number of carbonyl (C=O) groups excluding carboxylic acids is 1. The molecular formula is C13H16FNO. The van der Waals surface area contributed by atoms with Gasteiger partial charge in [0.15, 0.2) is 5.78 Å². The van der Waals surface area contributed by atoms with Crippen molar-refractivity contribution in [2.24, 2.45) is 0 Å². The molecule has 0 saturated heterocycles. The Labute approximate surface area is 94.9 Å². The average molecular weight is 220 g/mol. The van der Waals surface area contributed by atoms with E-state index in [0.717, 1.165) is 12.8 Å². The fourth-order valence-electron chi connectivity index (χ4n) is 2.52. The summed E-state index contributed by atoms with van der Waals surface area (Å²) >= 11 is 0. The minimum atomic E-state index is -0.802. The summed E-state index contributed by atoms with van der Waals surface area (Å²) in [6.07, 6.45) is 3.09. The van der Waals surface area contributed by atoms with Crippen molar-refractivity contribution in [3.63, 3.8) is 0 Å². The predicted molar refractivity (Wildman–Crippen MR) is 60.6 cm³/mol. The van der Waals surface area contributed by atoms with E-state index in [0.29, 0.717) is 18.4 Å². The van der Waals surface area contributed by atoms with Gasteiger partial charge in [-0.1, -0.05) is 24.6 Å². The highest BCUT2D eigenvalue weighted by Crippen LogP contribution is 2.35. The van der Waals surface area contributed by atoms with Gasteiger partial charge in [-0.2, -0.15) is 0 Å². The van der Waals surface area contributed by atoms with Crippen LogP contribution in [0.2, 0.25) is 0 Å². The number of halogens is 1. The van der Waals surface area contributed by atoms with Crippen molar-refractivity contribution in [2.75, 3.05) is 7.05 Å². The maximum Gasteiger partial charge on any atom is 0.157 e. The number of nitrogens with one attached hydrogen (secondary N) is 1. The summed E-state index contributed by atoms with van der Waals surface area (Å²) < 4.78 is 13.8. The van der Waals surface area contributed by atoms with Gasteiger partial charge in [0.25, 0.3) is 0 Å². The van der Waals surface area contributed by atoms with E-state index in [1.165, 1.54) is 6.07 Å². The molecule has 1 atom stereocenters. The third kappa shape index (κ3) is 1.65. The standard InChI is InChI=1S/C13H16FNO/c1-15-13(9-5-4-8-12(13)16)10-6-2-3-7-11(10)14/h2-3,6-7,15H,4-5,8-9H2,1H3/i14-1. The molecular weight excluding hydrogens is 204 g/mol. The van der Waals surface area contributed by atoms with Crippen LogP contribution in [0.1, 0.15) is 31.2 Å². The number of likely N-dealkylation sites (N-methyl/N-ethyl adjacent to an activating group) is 1. The molecule has 86 valence electrons. The summed E-state index contributed by atoms with van der Waals surface area (Å²) in [5.74, 6) is -0.196. The Hall–Kier alpha value is -1.22. The van der Waals surface area contributed by atoms with Gasteiger partial charge < -0.3 is 5.32 Å². The highest BCUT2D eigenvalue weighted by molar-refractivity contribution is 5.90. The zero-order valence-electron chi connectivity index (χ0n) is 9.42. The van der Waals surface area contributed by atoms with Gasteiger partial charge in [0.1, 0.15) is 11.4 Å². The molecule has 1 unspecified atom stereocenters. The first-order chi connectivity index (χ1) is 7.70. The van der Waals surface area contributed by atoms with Crippen LogP contribution in [0.15, 0.2) is 24.3 Å². The van der Waals surface area contributed by atoms with Crippen LogP contribution in [0.25, 0.3) is 0 Å². The van der Waals surface area contributed by atoms with Gasteiger partial charge in [-0.25, -0.2) is 4.39 Å². The minimum Gasteiger partial charge on any atom is -0.304 e. The molecule has 1 N–H and O–H groups in total. The monoisotopic (exact) mass is 220 g/mol. The van der Waals surface area contributed by atoms with E-state index in [-0.39, 0.29) is 11.6 Å². The fourth-order valence-corrected chi connectivity index (χ4v) is 2.52. The molecule has 1 saturated carbocycles. The molecule has 0 bridgehead atoms. The Morgan fingerprint density at radius 3 is 2.69 bits per heavy atom. The molecule has 0 heterocycles. The maximum atomic E-state index is 13.8. The van der Waals surface area contributed by atoms with Crippen LogP contribution >= 0.6 is 0 Å². The number of rotatable bonds is 2. The lowest BCUT2D eigenvalue weighted by molar-refractivity contribution is -0.127. The van der Waals surface area contributed by atoms with Gasteiger partial charge in [0, 0.05) is 12.0 Å². The zero-order chi connectivity index (χ0) is 11.6. The van der Waals surface area contributed by atoms with Gasteiger partial charge in [0.05, 0.1) is 0 Å². The summed E-state index contributed by atoms with van der Waals surface area (Å²) in [4.78, 5) is 12.1. The smallest absolute Gasteiger partial charge is 0.157 e. The number of ketones is 1. The predicted octanol–water partition coefficient (Wildman–Crippen LogP) is 2.38. The van der Waals surface area contributed by atoms with Crippen LogP contribution in [0.4, 0.5) is 4.39 Å². The van der Waals surface area contributed by atoms with Crippen LogP contribution in [-0.2, 0) is 10.3 Å². The van der Waals surface area contributed by atoms with Crippen molar-refractivity contribution in [3.05, 3.63) is 35.6 Å². The lowest BCUT2D eigenvalue weighted by atomic mass is 9.75. The summed E-state index contributed by atoms with van der Waals surface area (Å²) in [6.45, 7) is 0.